The second kappa shape index (κ2) is 9.74. The van der Waals surface area contributed by atoms with E-state index < -0.39 is 0 Å². The second-order valence-corrected chi connectivity index (χ2v) is 9.44. The van der Waals surface area contributed by atoms with Gasteiger partial charge in [0.15, 0.2) is 5.13 Å². The number of rotatable bonds is 7. The summed E-state index contributed by atoms with van der Waals surface area (Å²) in [5, 5.41) is 5.26. The van der Waals surface area contributed by atoms with E-state index >= 15 is 0 Å². The zero-order chi connectivity index (χ0) is 23.7. The summed E-state index contributed by atoms with van der Waals surface area (Å²) in [5.74, 6) is 0.875. The van der Waals surface area contributed by atoms with Gasteiger partial charge in [-0.15, -0.1) is 0 Å². The van der Waals surface area contributed by atoms with Crippen molar-refractivity contribution in [1.82, 2.24) is 10.1 Å². The third-order valence-electron chi connectivity index (χ3n) is 5.76. The van der Waals surface area contributed by atoms with E-state index in [0.717, 1.165) is 23.1 Å². The Balaban J connectivity index is 1.60. The van der Waals surface area contributed by atoms with E-state index in [1.165, 1.54) is 11.3 Å². The highest BCUT2D eigenvalue weighted by molar-refractivity contribution is 7.22. The zero-order valence-electron chi connectivity index (χ0n) is 18.9. The summed E-state index contributed by atoms with van der Waals surface area (Å²) in [6.07, 6.45) is 1.79. The fraction of sp³-hybridized carbons (Fsp3) is 0.320. The maximum atomic E-state index is 14.1. The van der Waals surface area contributed by atoms with Crippen LogP contribution in [0.4, 0.5) is 5.13 Å². The Bertz CT molecular complexity index is 1330. The molecule has 1 aliphatic heterocycles. The van der Waals surface area contributed by atoms with Crippen LogP contribution in [0.2, 0.25) is 5.02 Å². The lowest BCUT2D eigenvalue weighted by atomic mass is 10.0. The van der Waals surface area contributed by atoms with Crippen molar-refractivity contribution in [3.05, 3.63) is 58.8 Å². The SMILES string of the molecule is CCOc1cccc2sc(N(C[C@@H]3CCCO3)C(=O)c3c(-c4ccccc4Cl)noc3C)nc12. The lowest BCUT2D eigenvalue weighted by Crippen LogP contribution is -2.37. The lowest BCUT2D eigenvalue weighted by Gasteiger charge is -2.23. The number of thiazole rings is 1. The molecule has 0 saturated carbocycles. The average Bonchev–Trinajstić information content (AvgIpc) is 3.58. The maximum Gasteiger partial charge on any atom is 0.266 e. The van der Waals surface area contributed by atoms with Gasteiger partial charge in [-0.05, 0) is 44.9 Å². The van der Waals surface area contributed by atoms with Gasteiger partial charge in [-0.25, -0.2) is 4.98 Å². The highest BCUT2D eigenvalue weighted by Gasteiger charge is 2.32. The monoisotopic (exact) mass is 497 g/mol. The first-order chi connectivity index (χ1) is 16.6. The molecule has 1 saturated heterocycles. The van der Waals surface area contributed by atoms with Crippen LogP contribution in [0.1, 0.15) is 35.9 Å². The van der Waals surface area contributed by atoms with Crippen LogP contribution in [0.3, 0.4) is 0 Å². The van der Waals surface area contributed by atoms with Crippen molar-refractivity contribution in [3.8, 4) is 17.0 Å². The van der Waals surface area contributed by atoms with Crippen molar-refractivity contribution in [2.75, 3.05) is 24.7 Å². The number of amides is 1. The van der Waals surface area contributed by atoms with Crippen LogP contribution in [-0.4, -0.2) is 41.9 Å². The molecular weight excluding hydrogens is 474 g/mol. The highest BCUT2D eigenvalue weighted by Crippen LogP contribution is 2.37. The molecule has 3 heterocycles. The van der Waals surface area contributed by atoms with Gasteiger partial charge in [0.25, 0.3) is 5.91 Å². The van der Waals surface area contributed by atoms with E-state index in [2.05, 4.69) is 5.16 Å². The molecule has 9 heteroatoms. The third-order valence-corrected chi connectivity index (χ3v) is 7.14. The van der Waals surface area contributed by atoms with Gasteiger partial charge in [0, 0.05) is 12.2 Å². The Morgan fingerprint density at radius 2 is 2.12 bits per heavy atom. The van der Waals surface area contributed by atoms with Crippen LogP contribution in [0.25, 0.3) is 21.5 Å². The first kappa shape index (κ1) is 22.8. The average molecular weight is 498 g/mol. The molecular formula is C25H24ClN3O4S. The number of carbonyl (C=O) groups excluding carboxylic acids is 1. The van der Waals surface area contributed by atoms with Gasteiger partial charge < -0.3 is 14.0 Å². The normalized spacial score (nSPS) is 15.7. The molecule has 1 fully saturated rings. The van der Waals surface area contributed by atoms with Gasteiger partial charge in [0.2, 0.25) is 0 Å². The van der Waals surface area contributed by atoms with Gasteiger partial charge in [-0.3, -0.25) is 9.69 Å². The van der Waals surface area contributed by atoms with Crippen molar-refractivity contribution in [2.24, 2.45) is 0 Å². The second-order valence-electron chi connectivity index (χ2n) is 8.03. The molecule has 0 aliphatic carbocycles. The van der Waals surface area contributed by atoms with Crippen molar-refractivity contribution >= 4 is 44.2 Å². The number of hydrogen-bond acceptors (Lipinski definition) is 7. The van der Waals surface area contributed by atoms with Crippen molar-refractivity contribution in [3.63, 3.8) is 0 Å². The van der Waals surface area contributed by atoms with Crippen LogP contribution in [0.5, 0.6) is 5.75 Å². The summed E-state index contributed by atoms with van der Waals surface area (Å²) in [6, 6.07) is 13.1. The van der Waals surface area contributed by atoms with Crippen LogP contribution in [0.15, 0.2) is 47.0 Å². The van der Waals surface area contributed by atoms with Crippen LogP contribution in [-0.2, 0) is 4.74 Å². The Hall–Kier alpha value is -2.94. The fourth-order valence-corrected chi connectivity index (χ4v) is 5.35. The summed E-state index contributed by atoms with van der Waals surface area (Å²) < 4.78 is 18.0. The Morgan fingerprint density at radius 1 is 1.26 bits per heavy atom. The van der Waals surface area contributed by atoms with Crippen molar-refractivity contribution in [2.45, 2.75) is 32.8 Å². The van der Waals surface area contributed by atoms with E-state index in [4.69, 9.17) is 30.6 Å². The van der Waals surface area contributed by atoms with Gasteiger partial charge in [0.05, 0.1) is 29.0 Å². The number of benzene rings is 2. The van der Waals surface area contributed by atoms with Gasteiger partial charge in [-0.2, -0.15) is 0 Å². The number of aryl methyl sites for hydroxylation is 1. The summed E-state index contributed by atoms with van der Waals surface area (Å²) in [6.45, 7) is 5.28. The zero-order valence-corrected chi connectivity index (χ0v) is 20.5. The highest BCUT2D eigenvalue weighted by atomic mass is 35.5. The van der Waals surface area contributed by atoms with Gasteiger partial charge in [-0.1, -0.05) is 52.4 Å². The number of aromatic nitrogens is 2. The molecule has 176 valence electrons. The number of nitrogens with zero attached hydrogens (tertiary/aromatic N) is 3. The van der Waals surface area contributed by atoms with Crippen LogP contribution < -0.4 is 9.64 Å². The van der Waals surface area contributed by atoms with E-state index in [-0.39, 0.29) is 12.0 Å². The molecule has 0 N–H and O–H groups in total. The Labute approximate surface area is 206 Å². The van der Waals surface area contributed by atoms with E-state index in [1.807, 2.05) is 43.3 Å². The van der Waals surface area contributed by atoms with E-state index in [9.17, 15) is 4.79 Å². The largest absolute Gasteiger partial charge is 0.492 e. The predicted octanol–water partition coefficient (Wildman–Crippen LogP) is 6.14. The van der Waals surface area contributed by atoms with Crippen LogP contribution >= 0.6 is 22.9 Å². The molecule has 2 aromatic heterocycles. The van der Waals surface area contributed by atoms with Gasteiger partial charge >= 0.3 is 0 Å². The van der Waals surface area contributed by atoms with Crippen LogP contribution in [0, 0.1) is 6.92 Å². The number of fused-ring (bicyclic) bond motifs is 1. The Morgan fingerprint density at radius 3 is 2.88 bits per heavy atom. The molecule has 1 atom stereocenters. The predicted molar refractivity (Wildman–Crippen MR) is 133 cm³/mol. The molecule has 1 amide bonds. The van der Waals surface area contributed by atoms with E-state index in [0.29, 0.717) is 58.2 Å². The number of ether oxygens (including phenoxy) is 2. The lowest BCUT2D eigenvalue weighted by molar-refractivity contribution is 0.0916. The number of halogens is 1. The quantitative estimate of drug-likeness (QED) is 0.305. The molecule has 4 aromatic rings. The third kappa shape index (κ3) is 4.29. The smallest absolute Gasteiger partial charge is 0.266 e. The molecule has 0 bridgehead atoms. The van der Waals surface area contributed by atoms with Crippen molar-refractivity contribution < 1.29 is 18.8 Å². The molecule has 34 heavy (non-hydrogen) atoms. The van der Waals surface area contributed by atoms with Crippen molar-refractivity contribution in [1.29, 1.82) is 0 Å². The molecule has 1 aliphatic rings. The fourth-order valence-electron chi connectivity index (χ4n) is 4.13. The minimum Gasteiger partial charge on any atom is -0.492 e. The summed E-state index contributed by atoms with van der Waals surface area (Å²) in [7, 11) is 0. The molecule has 0 spiro atoms. The minimum atomic E-state index is -0.249. The summed E-state index contributed by atoms with van der Waals surface area (Å²) in [4.78, 5) is 20.6. The first-order valence-electron chi connectivity index (χ1n) is 11.2. The Kier molecular flexibility index (Phi) is 6.54. The molecule has 0 unspecified atom stereocenters. The maximum absolute atomic E-state index is 14.1. The summed E-state index contributed by atoms with van der Waals surface area (Å²) in [5.41, 5.74) is 2.17. The number of carbonyl (C=O) groups is 1. The number of hydrogen-bond donors (Lipinski definition) is 0. The standard InChI is InChI=1S/C25H24ClN3O4S/c1-3-31-19-11-6-12-20-23(19)27-25(34-20)29(14-16-8-7-13-32-16)24(30)21-15(2)33-28-22(21)17-9-4-5-10-18(17)26/h4-6,9-12,16H,3,7-8,13-14H2,1-2H3/t16-/m0/s1. The van der Waals surface area contributed by atoms with E-state index in [1.54, 1.807) is 17.9 Å². The molecule has 5 rings (SSSR count). The molecule has 2 aromatic carbocycles. The first-order valence-corrected chi connectivity index (χ1v) is 12.4. The minimum absolute atomic E-state index is 0.0637. The number of anilines is 1. The number of para-hydroxylation sites is 1. The van der Waals surface area contributed by atoms with Gasteiger partial charge in [0.1, 0.15) is 28.3 Å². The molecule has 0 radical (unpaired) electrons. The summed E-state index contributed by atoms with van der Waals surface area (Å²) >= 11 is 7.87. The molecule has 7 nitrogen and oxygen atoms in total. The topological polar surface area (TPSA) is 77.7 Å².